The summed E-state index contributed by atoms with van der Waals surface area (Å²) >= 11 is 0. The van der Waals surface area contributed by atoms with E-state index in [1.54, 1.807) is 12.1 Å². The highest BCUT2D eigenvalue weighted by Crippen LogP contribution is 2.23. The summed E-state index contributed by atoms with van der Waals surface area (Å²) in [5.41, 5.74) is 2.40. The molecule has 4 rings (SSSR count). The molecule has 30 heavy (non-hydrogen) atoms. The van der Waals surface area contributed by atoms with Crippen molar-refractivity contribution in [2.75, 3.05) is 37.7 Å². The van der Waals surface area contributed by atoms with Gasteiger partial charge in [-0.15, -0.1) is 0 Å². The minimum atomic E-state index is -0.261. The van der Waals surface area contributed by atoms with Gasteiger partial charge in [-0.05, 0) is 67.4 Å². The zero-order valence-corrected chi connectivity index (χ0v) is 17.0. The van der Waals surface area contributed by atoms with Crippen LogP contribution in [0.5, 0.6) is 5.75 Å². The molecule has 2 aromatic carbocycles. The zero-order chi connectivity index (χ0) is 20.9. The fourth-order valence-electron chi connectivity index (χ4n) is 3.64. The predicted molar refractivity (Wildman–Crippen MR) is 114 cm³/mol. The number of benzene rings is 2. The number of ether oxygens (including phenoxy) is 1. The highest BCUT2D eigenvalue weighted by atomic mass is 19.1. The molecule has 0 radical (unpaired) electrons. The third kappa shape index (κ3) is 4.45. The van der Waals surface area contributed by atoms with E-state index in [-0.39, 0.29) is 11.7 Å². The summed E-state index contributed by atoms with van der Waals surface area (Å²) in [6.45, 7) is 5.40. The van der Waals surface area contributed by atoms with E-state index in [4.69, 9.17) is 4.74 Å². The van der Waals surface area contributed by atoms with Crippen molar-refractivity contribution in [2.45, 2.75) is 13.3 Å². The molecule has 1 aromatic heterocycles. The Morgan fingerprint density at radius 1 is 1.07 bits per heavy atom. The lowest BCUT2D eigenvalue weighted by Crippen LogP contribution is -2.35. The van der Waals surface area contributed by atoms with Crippen molar-refractivity contribution in [2.24, 2.45) is 0 Å². The SMILES string of the molecule is CCOc1ccc(C(=O)N2CCCN(c3cc(-c4ccc(F)cc4)[nH]n3)CC2)cc1. The first kappa shape index (κ1) is 19.9. The van der Waals surface area contributed by atoms with E-state index in [1.807, 2.05) is 42.2 Å². The molecule has 2 heterocycles. The van der Waals surface area contributed by atoms with Crippen molar-refractivity contribution >= 4 is 11.7 Å². The molecule has 1 aliphatic heterocycles. The molecule has 0 atom stereocenters. The van der Waals surface area contributed by atoms with E-state index in [0.29, 0.717) is 31.8 Å². The van der Waals surface area contributed by atoms with Gasteiger partial charge >= 0.3 is 0 Å². The summed E-state index contributed by atoms with van der Waals surface area (Å²) in [6.07, 6.45) is 0.863. The molecule has 1 N–H and O–H groups in total. The molecule has 0 spiro atoms. The Kier molecular flexibility index (Phi) is 5.97. The van der Waals surface area contributed by atoms with Crippen molar-refractivity contribution in [3.8, 4) is 17.0 Å². The number of carbonyl (C=O) groups excluding carboxylic acids is 1. The first-order chi connectivity index (χ1) is 14.6. The number of nitrogens with zero attached hydrogens (tertiary/aromatic N) is 3. The molecule has 1 amide bonds. The monoisotopic (exact) mass is 408 g/mol. The Morgan fingerprint density at radius 2 is 1.83 bits per heavy atom. The number of anilines is 1. The Balaban J connectivity index is 1.40. The maximum atomic E-state index is 13.1. The van der Waals surface area contributed by atoms with Gasteiger partial charge in [-0.25, -0.2) is 4.39 Å². The fraction of sp³-hybridized carbons (Fsp3) is 0.304. The summed E-state index contributed by atoms with van der Waals surface area (Å²) in [5, 5.41) is 7.45. The number of amides is 1. The van der Waals surface area contributed by atoms with Crippen LogP contribution in [0.2, 0.25) is 0 Å². The summed E-state index contributed by atoms with van der Waals surface area (Å²) in [5.74, 6) is 1.38. The minimum Gasteiger partial charge on any atom is -0.494 e. The number of halogens is 1. The first-order valence-corrected chi connectivity index (χ1v) is 10.2. The molecule has 0 bridgehead atoms. The number of nitrogens with one attached hydrogen (secondary N) is 1. The molecule has 6 nitrogen and oxygen atoms in total. The summed E-state index contributed by atoms with van der Waals surface area (Å²) in [4.78, 5) is 17.0. The molecule has 156 valence electrons. The van der Waals surface area contributed by atoms with Crippen molar-refractivity contribution in [3.63, 3.8) is 0 Å². The fourth-order valence-corrected chi connectivity index (χ4v) is 3.64. The summed E-state index contributed by atoms with van der Waals surface area (Å²) in [6, 6.07) is 15.6. The van der Waals surface area contributed by atoms with E-state index in [1.165, 1.54) is 12.1 Å². The van der Waals surface area contributed by atoms with E-state index < -0.39 is 0 Å². The Morgan fingerprint density at radius 3 is 2.57 bits per heavy atom. The average molecular weight is 408 g/mol. The van der Waals surface area contributed by atoms with Crippen molar-refractivity contribution in [1.82, 2.24) is 15.1 Å². The second kappa shape index (κ2) is 8.98. The number of rotatable bonds is 5. The van der Waals surface area contributed by atoms with Crippen LogP contribution in [0.3, 0.4) is 0 Å². The summed E-state index contributed by atoms with van der Waals surface area (Å²) < 4.78 is 18.6. The Hall–Kier alpha value is -3.35. The van der Waals surface area contributed by atoms with Crippen LogP contribution in [0.25, 0.3) is 11.3 Å². The van der Waals surface area contributed by atoms with Crippen LogP contribution in [0, 0.1) is 5.82 Å². The highest BCUT2D eigenvalue weighted by Gasteiger charge is 2.22. The van der Waals surface area contributed by atoms with Crippen LogP contribution in [0.1, 0.15) is 23.7 Å². The molecule has 0 aliphatic carbocycles. The molecular formula is C23H25FN4O2. The van der Waals surface area contributed by atoms with Gasteiger partial charge in [0.05, 0.1) is 12.3 Å². The first-order valence-electron chi connectivity index (χ1n) is 10.2. The number of hydrogen-bond acceptors (Lipinski definition) is 4. The van der Waals surface area contributed by atoms with Gasteiger partial charge in [0.25, 0.3) is 5.91 Å². The van der Waals surface area contributed by atoms with Gasteiger partial charge in [0.15, 0.2) is 5.82 Å². The van der Waals surface area contributed by atoms with Gasteiger partial charge in [-0.2, -0.15) is 5.10 Å². The van der Waals surface area contributed by atoms with Crippen LogP contribution in [0.4, 0.5) is 10.2 Å². The average Bonchev–Trinajstić information content (AvgIpc) is 3.12. The van der Waals surface area contributed by atoms with E-state index in [9.17, 15) is 9.18 Å². The lowest BCUT2D eigenvalue weighted by Gasteiger charge is -2.22. The van der Waals surface area contributed by atoms with Gasteiger partial charge in [0.2, 0.25) is 0 Å². The quantitative estimate of drug-likeness (QED) is 0.694. The standard InChI is InChI=1S/C23H25FN4O2/c1-2-30-20-10-6-18(7-11-20)23(29)28-13-3-12-27(14-15-28)22-16-21(25-26-22)17-4-8-19(24)9-5-17/h4-11,16H,2-3,12-15H2,1H3,(H,25,26). The molecule has 1 fully saturated rings. The predicted octanol–water partition coefficient (Wildman–Crippen LogP) is 3.97. The Bertz CT molecular complexity index is 985. The zero-order valence-electron chi connectivity index (χ0n) is 17.0. The van der Waals surface area contributed by atoms with Crippen LogP contribution < -0.4 is 9.64 Å². The van der Waals surface area contributed by atoms with Crippen LogP contribution in [-0.2, 0) is 0 Å². The van der Waals surface area contributed by atoms with Crippen molar-refractivity contribution in [1.29, 1.82) is 0 Å². The van der Waals surface area contributed by atoms with E-state index >= 15 is 0 Å². The third-order valence-corrected chi connectivity index (χ3v) is 5.24. The maximum Gasteiger partial charge on any atom is 0.253 e. The van der Waals surface area contributed by atoms with Crippen LogP contribution >= 0.6 is 0 Å². The second-order valence-corrected chi connectivity index (χ2v) is 7.24. The van der Waals surface area contributed by atoms with Gasteiger partial charge < -0.3 is 14.5 Å². The molecule has 1 saturated heterocycles. The second-order valence-electron chi connectivity index (χ2n) is 7.24. The van der Waals surface area contributed by atoms with Crippen LogP contribution in [-0.4, -0.2) is 53.8 Å². The number of hydrogen-bond donors (Lipinski definition) is 1. The molecule has 7 heteroatoms. The lowest BCUT2D eigenvalue weighted by molar-refractivity contribution is 0.0767. The molecule has 1 aliphatic rings. The molecule has 0 saturated carbocycles. The highest BCUT2D eigenvalue weighted by molar-refractivity contribution is 5.94. The largest absolute Gasteiger partial charge is 0.494 e. The topological polar surface area (TPSA) is 61.5 Å². The van der Waals surface area contributed by atoms with Gasteiger partial charge in [0.1, 0.15) is 11.6 Å². The maximum absolute atomic E-state index is 13.1. The number of carbonyl (C=O) groups is 1. The van der Waals surface area contributed by atoms with Crippen molar-refractivity contribution < 1.29 is 13.9 Å². The van der Waals surface area contributed by atoms with E-state index in [0.717, 1.165) is 35.8 Å². The van der Waals surface area contributed by atoms with Gasteiger partial charge in [-0.3, -0.25) is 9.89 Å². The number of aromatic amines is 1. The third-order valence-electron chi connectivity index (χ3n) is 5.24. The van der Waals surface area contributed by atoms with Crippen molar-refractivity contribution in [3.05, 3.63) is 66.0 Å². The minimum absolute atomic E-state index is 0.0360. The summed E-state index contributed by atoms with van der Waals surface area (Å²) in [7, 11) is 0. The number of H-pyrrole nitrogens is 1. The lowest BCUT2D eigenvalue weighted by atomic mass is 10.1. The smallest absolute Gasteiger partial charge is 0.253 e. The van der Waals surface area contributed by atoms with Crippen LogP contribution in [0.15, 0.2) is 54.6 Å². The molecular weight excluding hydrogens is 383 g/mol. The van der Waals surface area contributed by atoms with Gasteiger partial charge in [-0.1, -0.05) is 0 Å². The number of aromatic nitrogens is 2. The molecule has 3 aromatic rings. The van der Waals surface area contributed by atoms with Gasteiger partial charge in [0, 0.05) is 37.8 Å². The molecule has 0 unspecified atom stereocenters. The normalized spacial score (nSPS) is 14.5. The Labute approximate surface area is 175 Å². The van der Waals surface area contributed by atoms with E-state index in [2.05, 4.69) is 15.1 Å².